The standard InChI is InChI=1S/C25H27FN4O3/c1-32-21-6-8-22(9-7-21)33-17-14-27-25(31)19-12-15-30(16-13-19)24-11-10-23(28-29-24)18-2-4-20(26)5-3-18/h2-11,19H,12-17H2,1H3,(H,27,31). The monoisotopic (exact) mass is 450 g/mol. The number of nitrogens with zero attached hydrogens (tertiary/aromatic N) is 3. The molecule has 0 atom stereocenters. The maximum atomic E-state index is 13.1. The van der Waals surface area contributed by atoms with E-state index in [0.717, 1.165) is 48.8 Å². The van der Waals surface area contributed by atoms with Crippen molar-refractivity contribution in [1.82, 2.24) is 15.5 Å². The van der Waals surface area contributed by atoms with E-state index in [1.54, 1.807) is 19.2 Å². The number of aromatic nitrogens is 2. The molecule has 0 unspecified atom stereocenters. The highest BCUT2D eigenvalue weighted by Gasteiger charge is 2.25. The Kier molecular flexibility index (Phi) is 7.34. The molecule has 1 aliphatic heterocycles. The highest BCUT2D eigenvalue weighted by atomic mass is 19.1. The minimum atomic E-state index is -0.278. The number of amides is 1. The third-order valence-corrected chi connectivity index (χ3v) is 5.71. The second-order valence-corrected chi connectivity index (χ2v) is 7.86. The fourth-order valence-electron chi connectivity index (χ4n) is 3.80. The molecule has 1 aromatic heterocycles. The number of rotatable bonds is 8. The molecular formula is C25H27FN4O3. The third-order valence-electron chi connectivity index (χ3n) is 5.71. The Bertz CT molecular complexity index is 1030. The average Bonchev–Trinajstić information content (AvgIpc) is 2.87. The van der Waals surface area contributed by atoms with Crippen LogP contribution in [0.25, 0.3) is 11.3 Å². The fraction of sp³-hybridized carbons (Fsp3) is 0.320. The smallest absolute Gasteiger partial charge is 0.223 e. The Morgan fingerprint density at radius 2 is 1.70 bits per heavy atom. The molecule has 0 radical (unpaired) electrons. The van der Waals surface area contributed by atoms with E-state index in [4.69, 9.17) is 9.47 Å². The summed E-state index contributed by atoms with van der Waals surface area (Å²) in [5.74, 6) is 2.06. The van der Waals surface area contributed by atoms with E-state index in [1.165, 1.54) is 12.1 Å². The lowest BCUT2D eigenvalue weighted by Crippen LogP contribution is -2.41. The van der Waals surface area contributed by atoms with Crippen LogP contribution in [0, 0.1) is 11.7 Å². The molecule has 2 aromatic carbocycles. The van der Waals surface area contributed by atoms with E-state index in [2.05, 4.69) is 20.4 Å². The number of piperidine rings is 1. The molecule has 33 heavy (non-hydrogen) atoms. The third kappa shape index (κ3) is 5.97. The van der Waals surface area contributed by atoms with Crippen LogP contribution in [-0.4, -0.2) is 49.5 Å². The first kappa shape index (κ1) is 22.5. The number of methoxy groups -OCH3 is 1. The molecule has 0 saturated carbocycles. The van der Waals surface area contributed by atoms with E-state index in [-0.39, 0.29) is 17.6 Å². The number of hydrogen-bond donors (Lipinski definition) is 1. The molecule has 7 nitrogen and oxygen atoms in total. The summed E-state index contributed by atoms with van der Waals surface area (Å²) in [6.07, 6.45) is 1.51. The summed E-state index contributed by atoms with van der Waals surface area (Å²) in [6.45, 7) is 2.35. The molecule has 0 spiro atoms. The molecule has 0 bridgehead atoms. The predicted octanol–water partition coefficient (Wildman–Crippen LogP) is 3.70. The van der Waals surface area contributed by atoms with Crippen molar-refractivity contribution in [3.63, 3.8) is 0 Å². The van der Waals surface area contributed by atoms with Gasteiger partial charge in [-0.3, -0.25) is 4.79 Å². The molecule has 1 fully saturated rings. The summed E-state index contributed by atoms with van der Waals surface area (Å²) in [6, 6.07) is 17.3. The first-order valence-electron chi connectivity index (χ1n) is 11.0. The maximum Gasteiger partial charge on any atom is 0.223 e. The van der Waals surface area contributed by atoms with Gasteiger partial charge in [-0.25, -0.2) is 4.39 Å². The number of carbonyl (C=O) groups is 1. The van der Waals surface area contributed by atoms with Crippen LogP contribution < -0.4 is 19.7 Å². The molecule has 1 N–H and O–H groups in total. The lowest BCUT2D eigenvalue weighted by atomic mass is 9.96. The van der Waals surface area contributed by atoms with E-state index in [9.17, 15) is 9.18 Å². The van der Waals surface area contributed by atoms with Gasteiger partial charge in [0.1, 0.15) is 23.9 Å². The summed E-state index contributed by atoms with van der Waals surface area (Å²) in [7, 11) is 1.62. The van der Waals surface area contributed by atoms with E-state index < -0.39 is 0 Å². The van der Waals surface area contributed by atoms with E-state index >= 15 is 0 Å². The summed E-state index contributed by atoms with van der Waals surface area (Å²) in [5, 5.41) is 11.6. The van der Waals surface area contributed by atoms with Gasteiger partial charge in [0.15, 0.2) is 5.82 Å². The molecule has 2 heterocycles. The van der Waals surface area contributed by atoms with Crippen LogP contribution in [0.2, 0.25) is 0 Å². The van der Waals surface area contributed by atoms with Crippen molar-refractivity contribution in [2.45, 2.75) is 12.8 Å². The molecule has 172 valence electrons. The number of hydrogen-bond acceptors (Lipinski definition) is 6. The van der Waals surface area contributed by atoms with Crippen LogP contribution in [0.15, 0.2) is 60.7 Å². The first-order valence-corrected chi connectivity index (χ1v) is 11.0. The molecule has 0 aliphatic carbocycles. The normalized spacial score (nSPS) is 14.1. The summed E-state index contributed by atoms with van der Waals surface area (Å²) in [5.41, 5.74) is 1.52. The number of carbonyl (C=O) groups excluding carboxylic acids is 1. The van der Waals surface area contributed by atoms with Crippen molar-refractivity contribution >= 4 is 11.7 Å². The van der Waals surface area contributed by atoms with E-state index in [1.807, 2.05) is 36.4 Å². The van der Waals surface area contributed by atoms with Crippen LogP contribution >= 0.6 is 0 Å². The van der Waals surface area contributed by atoms with Gasteiger partial charge in [-0.1, -0.05) is 0 Å². The lowest BCUT2D eigenvalue weighted by molar-refractivity contribution is -0.125. The van der Waals surface area contributed by atoms with Gasteiger partial charge >= 0.3 is 0 Å². The topological polar surface area (TPSA) is 76.6 Å². The molecular weight excluding hydrogens is 423 g/mol. The van der Waals surface area contributed by atoms with Crippen molar-refractivity contribution in [1.29, 1.82) is 0 Å². The van der Waals surface area contributed by atoms with Gasteiger partial charge in [-0.15, -0.1) is 10.2 Å². The predicted molar refractivity (Wildman–Crippen MR) is 124 cm³/mol. The SMILES string of the molecule is COc1ccc(OCCNC(=O)C2CCN(c3ccc(-c4ccc(F)cc4)nn3)CC2)cc1. The zero-order chi connectivity index (χ0) is 23.0. The highest BCUT2D eigenvalue weighted by Crippen LogP contribution is 2.24. The van der Waals surface area contributed by atoms with Crippen LogP contribution in [0.3, 0.4) is 0 Å². The Balaban J connectivity index is 1.19. The first-order chi connectivity index (χ1) is 16.1. The Morgan fingerprint density at radius 3 is 2.33 bits per heavy atom. The van der Waals surface area contributed by atoms with Crippen molar-refractivity contribution in [2.24, 2.45) is 5.92 Å². The minimum absolute atomic E-state index is 0.0197. The summed E-state index contributed by atoms with van der Waals surface area (Å²) < 4.78 is 23.9. The molecule has 3 aromatic rings. The number of anilines is 1. The molecule has 4 rings (SSSR count). The van der Waals surface area contributed by atoms with E-state index in [0.29, 0.717) is 18.8 Å². The fourth-order valence-corrected chi connectivity index (χ4v) is 3.80. The van der Waals surface area contributed by atoms with Crippen molar-refractivity contribution in [2.75, 3.05) is 38.3 Å². The van der Waals surface area contributed by atoms with Crippen LogP contribution in [-0.2, 0) is 4.79 Å². The molecule has 8 heteroatoms. The van der Waals surface area contributed by atoms with Crippen LogP contribution in [0.4, 0.5) is 10.2 Å². The molecule has 1 saturated heterocycles. The maximum absolute atomic E-state index is 13.1. The van der Waals surface area contributed by atoms with Gasteiger partial charge < -0.3 is 19.7 Å². The van der Waals surface area contributed by atoms with Crippen LogP contribution in [0.1, 0.15) is 12.8 Å². The largest absolute Gasteiger partial charge is 0.497 e. The number of benzene rings is 2. The van der Waals surface area contributed by atoms with Crippen molar-refractivity contribution in [3.05, 3.63) is 66.5 Å². The lowest BCUT2D eigenvalue weighted by Gasteiger charge is -2.31. The van der Waals surface area contributed by atoms with Gasteiger partial charge in [0.2, 0.25) is 5.91 Å². The Morgan fingerprint density at radius 1 is 1.00 bits per heavy atom. The zero-order valence-corrected chi connectivity index (χ0v) is 18.5. The van der Waals surface area contributed by atoms with Gasteiger partial charge in [0.25, 0.3) is 0 Å². The number of nitrogens with one attached hydrogen (secondary N) is 1. The average molecular weight is 451 g/mol. The zero-order valence-electron chi connectivity index (χ0n) is 18.5. The van der Waals surface area contributed by atoms with Gasteiger partial charge in [0.05, 0.1) is 19.3 Å². The number of halogens is 1. The van der Waals surface area contributed by atoms with Gasteiger partial charge in [-0.05, 0) is 73.5 Å². The second kappa shape index (κ2) is 10.8. The van der Waals surface area contributed by atoms with Gasteiger partial charge in [-0.2, -0.15) is 0 Å². The van der Waals surface area contributed by atoms with Crippen molar-refractivity contribution in [3.8, 4) is 22.8 Å². The molecule has 1 aliphatic rings. The highest BCUT2D eigenvalue weighted by molar-refractivity contribution is 5.79. The Labute approximate surface area is 192 Å². The quantitative estimate of drug-likeness (QED) is 0.528. The second-order valence-electron chi connectivity index (χ2n) is 7.86. The summed E-state index contributed by atoms with van der Waals surface area (Å²) in [4.78, 5) is 14.6. The van der Waals surface area contributed by atoms with Gasteiger partial charge in [0, 0.05) is 24.6 Å². The Hall–Kier alpha value is -3.68. The summed E-state index contributed by atoms with van der Waals surface area (Å²) >= 11 is 0. The van der Waals surface area contributed by atoms with Crippen LogP contribution in [0.5, 0.6) is 11.5 Å². The molecule has 1 amide bonds. The number of ether oxygens (including phenoxy) is 2. The van der Waals surface area contributed by atoms with Crippen molar-refractivity contribution < 1.29 is 18.7 Å². The minimum Gasteiger partial charge on any atom is -0.497 e.